The number of amides is 1. The van der Waals surface area contributed by atoms with Crippen molar-refractivity contribution in [2.45, 2.75) is 20.8 Å². The van der Waals surface area contributed by atoms with Gasteiger partial charge in [-0.3, -0.25) is 10.1 Å². The molecule has 0 saturated carbocycles. The van der Waals surface area contributed by atoms with Crippen LogP contribution in [0.3, 0.4) is 0 Å². The normalized spacial score (nSPS) is 10.5. The summed E-state index contributed by atoms with van der Waals surface area (Å²) in [5.74, 6) is 0.293. The Balaban J connectivity index is 1.91. The maximum absolute atomic E-state index is 12.5. The number of benzene rings is 1. The van der Waals surface area contributed by atoms with Crippen molar-refractivity contribution in [3.05, 3.63) is 42.1 Å². The Morgan fingerprint density at radius 2 is 1.89 bits per heavy atom. The summed E-state index contributed by atoms with van der Waals surface area (Å²) in [6.45, 7) is 8.50. The molecule has 0 radical (unpaired) electrons. The molecular weight excluding hydrogens is 358 g/mol. The van der Waals surface area contributed by atoms with Crippen molar-refractivity contribution in [1.82, 2.24) is 25.6 Å². The molecule has 9 nitrogen and oxygen atoms in total. The number of anilines is 2. The Bertz CT molecular complexity index is 907. The molecule has 0 aliphatic heterocycles. The van der Waals surface area contributed by atoms with Gasteiger partial charge in [-0.15, -0.1) is 0 Å². The minimum atomic E-state index is -0.430. The van der Waals surface area contributed by atoms with Crippen LogP contribution in [0.15, 0.2) is 36.4 Å². The molecule has 0 aliphatic rings. The van der Waals surface area contributed by atoms with Gasteiger partial charge in [0.15, 0.2) is 0 Å². The predicted molar refractivity (Wildman–Crippen MR) is 107 cm³/mol. The van der Waals surface area contributed by atoms with Gasteiger partial charge in [-0.1, -0.05) is 17.2 Å². The van der Waals surface area contributed by atoms with E-state index in [1.165, 1.54) is 0 Å². The molecule has 2 aromatic heterocycles. The fourth-order valence-corrected chi connectivity index (χ4v) is 2.84. The number of carbonyl (C=O) groups is 1. The third-order valence-electron chi connectivity index (χ3n) is 4.21. The Morgan fingerprint density at radius 3 is 2.50 bits per heavy atom. The molecular formula is C19H23N7O2. The lowest BCUT2D eigenvalue weighted by molar-refractivity contribution is 0.102. The molecule has 3 aromatic rings. The third kappa shape index (κ3) is 4.43. The van der Waals surface area contributed by atoms with Gasteiger partial charge in [-0.25, -0.2) is 10.1 Å². The van der Waals surface area contributed by atoms with Gasteiger partial charge in [-0.05, 0) is 43.3 Å². The monoisotopic (exact) mass is 381 g/mol. The molecule has 0 unspecified atom stereocenters. The summed E-state index contributed by atoms with van der Waals surface area (Å²) in [7, 11) is 0. The summed E-state index contributed by atoms with van der Waals surface area (Å²) in [4.78, 5) is 19.3. The number of H-pyrrole nitrogens is 1. The zero-order chi connectivity index (χ0) is 19.9. The van der Waals surface area contributed by atoms with Crippen molar-refractivity contribution in [2.24, 2.45) is 0 Å². The molecule has 0 bridgehead atoms. The molecule has 9 heteroatoms. The number of hydrogen-bond acceptors (Lipinski definition) is 7. The van der Waals surface area contributed by atoms with Crippen LogP contribution in [0.2, 0.25) is 0 Å². The number of tetrazole rings is 1. The molecule has 0 aliphatic carbocycles. The van der Waals surface area contributed by atoms with Gasteiger partial charge in [0.2, 0.25) is 5.95 Å². The van der Waals surface area contributed by atoms with E-state index in [0.717, 1.165) is 24.3 Å². The van der Waals surface area contributed by atoms with E-state index in [4.69, 9.17) is 4.74 Å². The molecule has 3 rings (SSSR count). The predicted octanol–water partition coefficient (Wildman–Crippen LogP) is 2.76. The van der Waals surface area contributed by atoms with Crippen molar-refractivity contribution in [1.29, 1.82) is 0 Å². The highest BCUT2D eigenvalue weighted by atomic mass is 16.5. The Hall–Kier alpha value is -3.49. The summed E-state index contributed by atoms with van der Waals surface area (Å²) in [5.41, 5.74) is 2.90. The minimum Gasteiger partial charge on any atom is -0.494 e. The average molecular weight is 381 g/mol. The number of nitrogens with zero attached hydrogens (tertiary/aromatic N) is 5. The van der Waals surface area contributed by atoms with E-state index in [-0.39, 0.29) is 11.6 Å². The van der Waals surface area contributed by atoms with E-state index < -0.39 is 5.91 Å². The van der Waals surface area contributed by atoms with Crippen molar-refractivity contribution in [3.63, 3.8) is 0 Å². The van der Waals surface area contributed by atoms with Crippen LogP contribution in [0.1, 0.15) is 31.3 Å². The van der Waals surface area contributed by atoms with Crippen LogP contribution in [-0.4, -0.2) is 51.2 Å². The molecule has 28 heavy (non-hydrogen) atoms. The number of aromatic nitrogens is 5. The van der Waals surface area contributed by atoms with Crippen LogP contribution in [0.5, 0.6) is 5.75 Å². The van der Waals surface area contributed by atoms with Crippen molar-refractivity contribution >= 4 is 17.5 Å². The number of pyridine rings is 1. The van der Waals surface area contributed by atoms with Gasteiger partial charge >= 0.3 is 0 Å². The molecule has 2 N–H and O–H groups in total. The first-order valence-corrected chi connectivity index (χ1v) is 9.19. The Morgan fingerprint density at radius 1 is 1.14 bits per heavy atom. The van der Waals surface area contributed by atoms with E-state index in [1.807, 2.05) is 25.1 Å². The number of aromatic amines is 1. The first-order chi connectivity index (χ1) is 13.6. The third-order valence-corrected chi connectivity index (χ3v) is 4.21. The van der Waals surface area contributed by atoms with E-state index >= 15 is 0 Å². The van der Waals surface area contributed by atoms with E-state index in [1.54, 1.807) is 6.07 Å². The minimum absolute atomic E-state index is 0.152. The number of carbonyl (C=O) groups excluding carboxylic acids is 1. The smallest absolute Gasteiger partial charge is 0.276 e. The van der Waals surface area contributed by atoms with Crippen molar-refractivity contribution in [2.75, 3.05) is 29.9 Å². The van der Waals surface area contributed by atoms with Crippen molar-refractivity contribution < 1.29 is 9.53 Å². The summed E-state index contributed by atoms with van der Waals surface area (Å²) < 4.78 is 5.61. The van der Waals surface area contributed by atoms with Crippen LogP contribution in [0.4, 0.5) is 11.6 Å². The number of hydrogen-bond donors (Lipinski definition) is 2. The van der Waals surface area contributed by atoms with E-state index in [2.05, 4.69) is 61.8 Å². The molecule has 0 atom stereocenters. The summed E-state index contributed by atoms with van der Waals surface area (Å²) in [5, 5.41) is 15.6. The molecule has 0 fully saturated rings. The molecule has 1 amide bonds. The second-order valence-corrected chi connectivity index (χ2v) is 5.93. The number of ether oxygens (including phenoxy) is 1. The quantitative estimate of drug-likeness (QED) is 0.617. The SMILES string of the molecule is CCOc1cc(C(=O)Nc2nnn[nH]2)nc(-c2ccc(N(CC)CC)cc2)c1. The number of rotatable bonds is 8. The maximum atomic E-state index is 12.5. The fraction of sp³-hybridized carbons (Fsp3) is 0.316. The molecule has 2 heterocycles. The van der Waals surface area contributed by atoms with Crippen LogP contribution >= 0.6 is 0 Å². The van der Waals surface area contributed by atoms with Gasteiger partial charge < -0.3 is 9.64 Å². The zero-order valence-electron chi connectivity index (χ0n) is 16.1. The van der Waals surface area contributed by atoms with Crippen molar-refractivity contribution in [3.8, 4) is 17.0 Å². The maximum Gasteiger partial charge on any atom is 0.276 e. The zero-order valence-corrected chi connectivity index (χ0v) is 16.1. The lowest BCUT2D eigenvalue weighted by Crippen LogP contribution is -2.21. The highest BCUT2D eigenvalue weighted by Gasteiger charge is 2.14. The van der Waals surface area contributed by atoms with E-state index in [0.29, 0.717) is 18.1 Å². The lowest BCUT2D eigenvalue weighted by Gasteiger charge is -2.21. The standard InChI is InChI=1S/C19H23N7O2/c1-4-26(5-2)14-9-7-13(8-10-14)16-11-15(28-6-3)12-17(20-16)18(27)21-19-22-24-25-23-19/h7-12H,4-6H2,1-3H3,(H2,21,22,23,24,25,27). The van der Waals surface area contributed by atoms with E-state index in [9.17, 15) is 4.79 Å². The highest BCUT2D eigenvalue weighted by molar-refractivity contribution is 6.02. The van der Waals surface area contributed by atoms with Gasteiger partial charge in [0, 0.05) is 36.5 Å². The number of nitrogens with one attached hydrogen (secondary N) is 2. The van der Waals surface area contributed by atoms with Gasteiger partial charge in [0.1, 0.15) is 11.4 Å². The summed E-state index contributed by atoms with van der Waals surface area (Å²) in [6, 6.07) is 11.5. The first kappa shape index (κ1) is 19.3. The first-order valence-electron chi connectivity index (χ1n) is 9.19. The van der Waals surface area contributed by atoms with Crippen LogP contribution in [0, 0.1) is 0 Å². The molecule has 1 aromatic carbocycles. The highest BCUT2D eigenvalue weighted by Crippen LogP contribution is 2.26. The molecule has 0 saturated heterocycles. The largest absolute Gasteiger partial charge is 0.494 e. The Kier molecular flexibility index (Phi) is 6.15. The Labute approximate surface area is 163 Å². The molecule has 146 valence electrons. The second kappa shape index (κ2) is 8.94. The fourth-order valence-electron chi connectivity index (χ4n) is 2.84. The van der Waals surface area contributed by atoms with Crippen LogP contribution in [-0.2, 0) is 0 Å². The van der Waals surface area contributed by atoms with Gasteiger partial charge in [0.25, 0.3) is 5.91 Å². The topological polar surface area (TPSA) is 109 Å². The van der Waals surface area contributed by atoms with Gasteiger partial charge in [-0.2, -0.15) is 0 Å². The van der Waals surface area contributed by atoms with Crippen LogP contribution in [0.25, 0.3) is 11.3 Å². The average Bonchev–Trinajstić information content (AvgIpc) is 3.22. The lowest BCUT2D eigenvalue weighted by atomic mass is 10.1. The summed E-state index contributed by atoms with van der Waals surface area (Å²) in [6.07, 6.45) is 0. The second-order valence-electron chi connectivity index (χ2n) is 5.93. The molecule has 0 spiro atoms. The summed E-state index contributed by atoms with van der Waals surface area (Å²) >= 11 is 0. The van der Waals surface area contributed by atoms with Gasteiger partial charge in [0.05, 0.1) is 12.3 Å². The van der Waals surface area contributed by atoms with Crippen LogP contribution < -0.4 is 15.0 Å².